The highest BCUT2D eigenvalue weighted by Crippen LogP contribution is 2.15. The van der Waals surface area contributed by atoms with E-state index in [2.05, 4.69) is 38.2 Å². The summed E-state index contributed by atoms with van der Waals surface area (Å²) in [6, 6.07) is -0.682. The number of nitrogens with one attached hydrogen (secondary N) is 4. The van der Waals surface area contributed by atoms with Crippen molar-refractivity contribution in [1.29, 1.82) is 0 Å². The summed E-state index contributed by atoms with van der Waals surface area (Å²) in [6.45, 7) is 1.78. The molecule has 1 aromatic rings. The van der Waals surface area contributed by atoms with Crippen LogP contribution in [0.3, 0.4) is 0 Å². The maximum Gasteiger partial charge on any atom is 0.342 e. The Balaban J connectivity index is 1.92. The second-order valence-corrected chi connectivity index (χ2v) is 5.26. The summed E-state index contributed by atoms with van der Waals surface area (Å²) in [5.41, 5.74) is 1.08. The Kier molecular flexibility index (Phi) is 5.84. The van der Waals surface area contributed by atoms with Crippen LogP contribution in [0.4, 0.5) is 5.82 Å². The minimum Gasteiger partial charge on any atom is -0.352 e. The van der Waals surface area contributed by atoms with Crippen LogP contribution in [0.5, 0.6) is 0 Å². The Labute approximate surface area is 132 Å². The van der Waals surface area contributed by atoms with Crippen molar-refractivity contribution in [2.24, 2.45) is 11.0 Å². The van der Waals surface area contributed by atoms with Crippen LogP contribution in [0, 0.1) is 5.92 Å². The van der Waals surface area contributed by atoms with E-state index in [1.165, 1.54) is 0 Å². The van der Waals surface area contributed by atoms with Gasteiger partial charge >= 0.3 is 5.69 Å². The zero-order chi connectivity index (χ0) is 16.7. The van der Waals surface area contributed by atoms with Crippen LogP contribution in [0.15, 0.2) is 26.8 Å². The first-order chi connectivity index (χ1) is 11.1. The lowest BCUT2D eigenvalue weighted by atomic mass is 9.96. The number of amides is 1. The van der Waals surface area contributed by atoms with Crippen LogP contribution in [0.2, 0.25) is 0 Å². The first kappa shape index (κ1) is 16.7. The molecule has 9 heteroatoms. The molecule has 0 aromatic carbocycles. The topological polar surface area (TPSA) is 132 Å². The summed E-state index contributed by atoms with van der Waals surface area (Å²) in [5, 5.41) is 12.4. The van der Waals surface area contributed by atoms with Gasteiger partial charge < -0.3 is 5.32 Å². The van der Waals surface area contributed by atoms with Gasteiger partial charge in [0.1, 0.15) is 6.04 Å². The smallest absolute Gasteiger partial charge is 0.342 e. The lowest BCUT2D eigenvalue weighted by Crippen LogP contribution is -2.39. The molecule has 0 aliphatic heterocycles. The van der Waals surface area contributed by atoms with Crippen molar-refractivity contribution >= 4 is 17.9 Å². The third-order valence-electron chi connectivity index (χ3n) is 3.52. The molecule has 124 valence electrons. The monoisotopic (exact) mass is 320 g/mol. The highest BCUT2D eigenvalue weighted by atomic mass is 16.2. The lowest BCUT2D eigenvalue weighted by Gasteiger charge is -2.15. The Morgan fingerprint density at radius 1 is 1.52 bits per heavy atom. The summed E-state index contributed by atoms with van der Waals surface area (Å²) >= 11 is 0. The molecule has 2 rings (SSSR count). The number of carbonyl (C=O) groups excluding carboxylic acids is 1. The molecule has 0 saturated heterocycles. The molecule has 0 fully saturated rings. The van der Waals surface area contributed by atoms with Gasteiger partial charge in [0.2, 0.25) is 5.82 Å². The van der Waals surface area contributed by atoms with Crippen LogP contribution < -0.4 is 22.0 Å². The Morgan fingerprint density at radius 3 is 3.00 bits per heavy atom. The molecule has 1 aliphatic rings. The third-order valence-corrected chi connectivity index (χ3v) is 3.52. The summed E-state index contributed by atoms with van der Waals surface area (Å²) in [4.78, 5) is 36.6. The zero-order valence-electron chi connectivity index (χ0n) is 12.8. The van der Waals surface area contributed by atoms with Gasteiger partial charge in [-0.2, -0.15) is 5.10 Å². The summed E-state index contributed by atoms with van der Waals surface area (Å²) < 4.78 is 0. The molecule has 1 heterocycles. The molecule has 4 N–H and O–H groups in total. The zero-order valence-corrected chi connectivity index (χ0v) is 12.8. The van der Waals surface area contributed by atoms with Crippen molar-refractivity contribution < 1.29 is 4.79 Å². The van der Waals surface area contributed by atoms with E-state index in [-0.39, 0.29) is 11.7 Å². The number of nitrogens with zero attached hydrogens (tertiary/aromatic N) is 2. The third kappa shape index (κ3) is 4.90. The number of rotatable bonds is 6. The van der Waals surface area contributed by atoms with Gasteiger partial charge in [-0.15, -0.1) is 5.10 Å². The fourth-order valence-electron chi connectivity index (χ4n) is 2.20. The van der Waals surface area contributed by atoms with Gasteiger partial charge in [0, 0.05) is 6.21 Å². The number of aromatic nitrogens is 3. The minimum atomic E-state index is -0.704. The van der Waals surface area contributed by atoms with E-state index < -0.39 is 17.3 Å². The van der Waals surface area contributed by atoms with Gasteiger partial charge in [-0.3, -0.25) is 14.6 Å². The first-order valence-corrected chi connectivity index (χ1v) is 7.53. The average Bonchev–Trinajstić information content (AvgIpc) is 2.55. The first-order valence-electron chi connectivity index (χ1n) is 7.53. The number of H-pyrrole nitrogens is 2. The van der Waals surface area contributed by atoms with Crippen LogP contribution in [-0.4, -0.2) is 33.3 Å². The molecule has 0 unspecified atom stereocenters. The normalized spacial score (nSPS) is 18.7. The SMILES string of the molecule is CC[C@@H](Nc1n[nH]c(=O)[nH]c1=O)C(=O)N/N=C/[C@@H]1CC=CCC1. The van der Waals surface area contributed by atoms with Gasteiger partial charge in [0.25, 0.3) is 11.5 Å². The average molecular weight is 320 g/mol. The number of hydrogen-bond acceptors (Lipinski definition) is 6. The fraction of sp³-hybridized carbons (Fsp3) is 0.500. The Morgan fingerprint density at radius 2 is 2.35 bits per heavy atom. The Bertz CT molecular complexity index is 705. The quantitative estimate of drug-likeness (QED) is 0.335. The maximum atomic E-state index is 12.1. The highest BCUT2D eigenvalue weighted by Gasteiger charge is 2.18. The van der Waals surface area contributed by atoms with Crippen molar-refractivity contribution in [2.75, 3.05) is 5.32 Å². The predicted octanol–water partition coefficient (Wildman–Crippen LogP) is 0.107. The number of carbonyl (C=O) groups is 1. The molecule has 2 atom stereocenters. The van der Waals surface area contributed by atoms with Crippen molar-refractivity contribution in [3.8, 4) is 0 Å². The van der Waals surface area contributed by atoms with E-state index in [4.69, 9.17) is 0 Å². The Hall–Kier alpha value is -2.71. The van der Waals surface area contributed by atoms with Gasteiger partial charge in [-0.1, -0.05) is 19.1 Å². The maximum absolute atomic E-state index is 12.1. The molecule has 1 aliphatic carbocycles. The predicted molar refractivity (Wildman–Crippen MR) is 86.3 cm³/mol. The van der Waals surface area contributed by atoms with Crippen LogP contribution >= 0.6 is 0 Å². The molecule has 1 aromatic heterocycles. The van der Waals surface area contributed by atoms with Gasteiger partial charge in [-0.25, -0.2) is 15.3 Å². The minimum absolute atomic E-state index is 0.118. The standard InChI is InChI=1S/C14H20N6O3/c1-2-10(16-11-13(22)17-14(23)20-18-11)12(21)19-15-8-9-6-4-3-5-7-9/h3-4,8-10H,2,5-7H2,1H3,(H,16,18)(H,19,21)(H2,17,20,22,23)/b15-8+/t9-,10-/m1/s1. The fourth-order valence-corrected chi connectivity index (χ4v) is 2.20. The molecule has 0 bridgehead atoms. The number of hydrazone groups is 1. The number of hydrogen-bond donors (Lipinski definition) is 4. The van der Waals surface area contributed by atoms with Crippen molar-refractivity contribution in [2.45, 2.75) is 38.6 Å². The largest absolute Gasteiger partial charge is 0.352 e. The lowest BCUT2D eigenvalue weighted by molar-refractivity contribution is -0.121. The molecule has 0 radical (unpaired) electrons. The summed E-state index contributed by atoms with van der Waals surface area (Å²) in [5.74, 6) is -0.160. The highest BCUT2D eigenvalue weighted by molar-refractivity contribution is 5.84. The van der Waals surface area contributed by atoms with Gasteiger partial charge in [-0.05, 0) is 31.6 Å². The molecule has 9 nitrogen and oxygen atoms in total. The van der Waals surface area contributed by atoms with Gasteiger partial charge in [0.15, 0.2) is 0 Å². The van der Waals surface area contributed by atoms with E-state index in [0.717, 1.165) is 19.3 Å². The van der Waals surface area contributed by atoms with Gasteiger partial charge in [0.05, 0.1) is 0 Å². The van der Waals surface area contributed by atoms with E-state index in [0.29, 0.717) is 12.3 Å². The van der Waals surface area contributed by atoms with E-state index in [1.54, 1.807) is 13.1 Å². The van der Waals surface area contributed by atoms with Crippen molar-refractivity contribution in [3.05, 3.63) is 33.0 Å². The summed E-state index contributed by atoms with van der Waals surface area (Å²) in [7, 11) is 0. The van der Waals surface area contributed by atoms with Crippen LogP contribution in [0.1, 0.15) is 32.6 Å². The second kappa shape index (κ2) is 8.06. The molecular formula is C14H20N6O3. The van der Waals surface area contributed by atoms with E-state index in [9.17, 15) is 14.4 Å². The van der Waals surface area contributed by atoms with Crippen molar-refractivity contribution in [1.82, 2.24) is 20.6 Å². The van der Waals surface area contributed by atoms with E-state index in [1.807, 2.05) is 4.98 Å². The van der Waals surface area contributed by atoms with E-state index >= 15 is 0 Å². The van der Waals surface area contributed by atoms with Crippen molar-refractivity contribution in [3.63, 3.8) is 0 Å². The molecular weight excluding hydrogens is 300 g/mol. The number of allylic oxidation sites excluding steroid dienone is 2. The van der Waals surface area contributed by atoms with Crippen LogP contribution in [-0.2, 0) is 4.79 Å². The molecule has 0 spiro atoms. The number of aromatic amines is 2. The number of anilines is 1. The van der Waals surface area contributed by atoms with Crippen LogP contribution in [0.25, 0.3) is 0 Å². The second-order valence-electron chi connectivity index (χ2n) is 5.26. The molecule has 23 heavy (non-hydrogen) atoms. The summed E-state index contributed by atoms with van der Waals surface area (Å²) in [6.07, 6.45) is 9.35. The molecule has 1 amide bonds. The molecule has 0 saturated carbocycles.